The Morgan fingerprint density at radius 2 is 1.81 bits per heavy atom. The van der Waals surface area contributed by atoms with Crippen LogP contribution in [-0.2, 0) is 29.1 Å². The molecule has 2 fully saturated rings. The largest absolute Gasteiger partial charge is 0.444 e. The van der Waals surface area contributed by atoms with Crippen LogP contribution >= 0.6 is 0 Å². The second-order valence-corrected chi connectivity index (χ2v) is 14.0. The van der Waals surface area contributed by atoms with E-state index in [9.17, 15) is 27.6 Å². The Kier molecular flexibility index (Phi) is 9.99. The van der Waals surface area contributed by atoms with Crippen molar-refractivity contribution in [3.05, 3.63) is 53.5 Å². The Labute approximate surface area is 253 Å². The van der Waals surface area contributed by atoms with E-state index in [-0.39, 0.29) is 18.2 Å². The molecule has 4 atom stereocenters. The molecule has 0 radical (unpaired) electrons. The lowest BCUT2D eigenvalue weighted by Crippen LogP contribution is -2.58. The summed E-state index contributed by atoms with van der Waals surface area (Å²) in [6, 6.07) is 7.09. The van der Waals surface area contributed by atoms with Gasteiger partial charge >= 0.3 is 6.09 Å². The lowest BCUT2D eigenvalue weighted by atomic mass is 10.0. The number of nitrogens with zero attached hydrogens (tertiary/aromatic N) is 1. The quantitative estimate of drug-likeness (QED) is 0.430. The maximum absolute atomic E-state index is 13.7. The average molecular weight is 615 g/mol. The van der Waals surface area contributed by atoms with Gasteiger partial charge in [-0.1, -0.05) is 55.3 Å². The van der Waals surface area contributed by atoms with Gasteiger partial charge in [0.05, 0.1) is 5.41 Å². The molecule has 1 saturated carbocycles. The molecule has 0 bridgehead atoms. The predicted octanol–water partition coefficient (Wildman–Crippen LogP) is 3.38. The van der Waals surface area contributed by atoms with Crippen molar-refractivity contribution in [2.45, 2.75) is 95.4 Å². The van der Waals surface area contributed by atoms with Gasteiger partial charge in [0, 0.05) is 12.5 Å². The van der Waals surface area contributed by atoms with E-state index < -0.39 is 51.2 Å². The molecule has 43 heavy (non-hydrogen) atoms. The van der Waals surface area contributed by atoms with Crippen LogP contribution in [0.25, 0.3) is 6.08 Å². The molecule has 12 heteroatoms. The van der Waals surface area contributed by atoms with Gasteiger partial charge in [-0.3, -0.25) is 14.4 Å². The summed E-state index contributed by atoms with van der Waals surface area (Å²) < 4.78 is 33.1. The van der Waals surface area contributed by atoms with Gasteiger partial charge in [0.1, 0.15) is 23.2 Å². The summed E-state index contributed by atoms with van der Waals surface area (Å²) in [6.45, 7) is 5.54. The number of amides is 4. The highest BCUT2D eigenvalue weighted by atomic mass is 32.2. The van der Waals surface area contributed by atoms with E-state index in [0.29, 0.717) is 44.2 Å². The Morgan fingerprint density at radius 3 is 2.53 bits per heavy atom. The van der Waals surface area contributed by atoms with Gasteiger partial charge in [-0.15, -0.1) is 0 Å². The maximum Gasteiger partial charge on any atom is 0.408 e. The number of alkyl carbamates (subject to hydrolysis) is 1. The normalized spacial score (nSPS) is 26.9. The number of sulfonamides is 1. The highest BCUT2D eigenvalue weighted by Gasteiger charge is 2.61. The van der Waals surface area contributed by atoms with E-state index in [1.165, 1.54) is 11.0 Å². The van der Waals surface area contributed by atoms with Crippen LogP contribution in [0.3, 0.4) is 0 Å². The summed E-state index contributed by atoms with van der Waals surface area (Å²) in [6.07, 6.45) is 9.12. The summed E-state index contributed by atoms with van der Waals surface area (Å²) in [5.41, 5.74) is -1.54. The number of fused-ring (bicyclic) bond motifs is 2. The number of carbonyl (C=O) groups is 4. The van der Waals surface area contributed by atoms with Crippen molar-refractivity contribution < 1.29 is 32.3 Å². The highest BCUT2D eigenvalue weighted by molar-refractivity contribution is 7.93. The SMILES string of the molecule is CC(C)(C)OC(=O)N[C@H]1CCCCCC=C[C@@H]2C[C@@]2(C(=O)NS(=O)(=O)C=Cc2ccccc2)NC(=O)[C@@H]2CCCN2C1=O. The van der Waals surface area contributed by atoms with E-state index in [1.807, 2.05) is 18.2 Å². The summed E-state index contributed by atoms with van der Waals surface area (Å²) in [4.78, 5) is 54.8. The molecular weight excluding hydrogens is 572 g/mol. The van der Waals surface area contributed by atoms with Crippen LogP contribution in [-0.4, -0.2) is 66.9 Å². The zero-order valence-electron chi connectivity index (χ0n) is 25.0. The van der Waals surface area contributed by atoms with E-state index >= 15 is 0 Å². The molecule has 4 amide bonds. The number of hydrogen-bond donors (Lipinski definition) is 3. The number of rotatable bonds is 5. The first-order chi connectivity index (χ1) is 20.3. The predicted molar refractivity (Wildman–Crippen MR) is 162 cm³/mol. The molecule has 1 saturated heterocycles. The lowest BCUT2D eigenvalue weighted by Gasteiger charge is -2.30. The molecule has 2 aliphatic heterocycles. The van der Waals surface area contributed by atoms with E-state index in [0.717, 1.165) is 18.2 Å². The van der Waals surface area contributed by atoms with Crippen LogP contribution in [0.5, 0.6) is 0 Å². The van der Waals surface area contributed by atoms with Crippen LogP contribution in [0.4, 0.5) is 4.79 Å². The Morgan fingerprint density at radius 1 is 1.07 bits per heavy atom. The molecule has 3 aliphatic rings. The fourth-order valence-corrected chi connectivity index (χ4v) is 6.37. The van der Waals surface area contributed by atoms with Crippen LogP contribution in [0.15, 0.2) is 47.9 Å². The van der Waals surface area contributed by atoms with Crippen molar-refractivity contribution in [3.8, 4) is 0 Å². The lowest BCUT2D eigenvalue weighted by molar-refractivity contribution is -0.141. The van der Waals surface area contributed by atoms with Crippen LogP contribution in [0.2, 0.25) is 0 Å². The summed E-state index contributed by atoms with van der Waals surface area (Å²) >= 11 is 0. The number of benzene rings is 1. The number of allylic oxidation sites excluding steroid dienone is 1. The molecule has 1 aliphatic carbocycles. The van der Waals surface area contributed by atoms with Gasteiger partial charge in [-0.2, -0.15) is 0 Å². The highest BCUT2D eigenvalue weighted by Crippen LogP contribution is 2.45. The monoisotopic (exact) mass is 614 g/mol. The second kappa shape index (κ2) is 13.3. The topological polar surface area (TPSA) is 151 Å². The fourth-order valence-electron chi connectivity index (χ4n) is 5.53. The van der Waals surface area contributed by atoms with Crippen LogP contribution < -0.4 is 15.4 Å². The van der Waals surface area contributed by atoms with Crippen LogP contribution in [0.1, 0.15) is 77.7 Å². The van der Waals surface area contributed by atoms with Gasteiger partial charge in [-0.25, -0.2) is 17.9 Å². The van der Waals surface area contributed by atoms with Crippen molar-refractivity contribution in [3.63, 3.8) is 0 Å². The third kappa shape index (κ3) is 8.68. The minimum Gasteiger partial charge on any atom is -0.444 e. The van der Waals surface area contributed by atoms with Gasteiger partial charge < -0.3 is 20.3 Å². The molecule has 4 rings (SSSR count). The van der Waals surface area contributed by atoms with Gasteiger partial charge in [0.15, 0.2) is 0 Å². The summed E-state index contributed by atoms with van der Waals surface area (Å²) in [5, 5.41) is 6.44. The molecule has 2 heterocycles. The minimum atomic E-state index is -4.15. The van der Waals surface area contributed by atoms with Crippen molar-refractivity contribution in [1.29, 1.82) is 0 Å². The summed E-state index contributed by atoms with van der Waals surface area (Å²) in [7, 11) is -4.15. The van der Waals surface area contributed by atoms with Crippen molar-refractivity contribution in [2.24, 2.45) is 5.92 Å². The average Bonchev–Trinajstić information content (AvgIpc) is 3.39. The standard InChI is InChI=1S/C31H42N4O7S/c1-30(2,3)42-29(39)32-24-16-11-6-4-5-10-15-23-21-31(23,33-26(36)25-17-12-19-35(25)27(24)37)28(38)34-43(40,41)20-18-22-13-8-7-9-14-22/h7-10,13-15,18,20,23-25H,4-6,11-12,16-17,19,21H2,1-3H3,(H,32,39)(H,33,36)(H,34,38)/t23-,24+,25+,31-/m1/s1. The number of hydrogen-bond acceptors (Lipinski definition) is 7. The first kappa shape index (κ1) is 32.2. The first-order valence-corrected chi connectivity index (χ1v) is 16.4. The molecule has 11 nitrogen and oxygen atoms in total. The molecule has 0 aromatic heterocycles. The Hall–Kier alpha value is -3.67. The Balaban J connectivity index is 1.53. The smallest absolute Gasteiger partial charge is 0.408 e. The second-order valence-electron chi connectivity index (χ2n) is 12.4. The van der Waals surface area contributed by atoms with Crippen molar-refractivity contribution in [2.75, 3.05) is 6.54 Å². The van der Waals surface area contributed by atoms with Gasteiger partial charge in [0.25, 0.3) is 15.9 Å². The van der Waals surface area contributed by atoms with E-state index in [1.54, 1.807) is 45.0 Å². The third-order valence-electron chi connectivity index (χ3n) is 7.80. The third-order valence-corrected chi connectivity index (χ3v) is 8.76. The summed E-state index contributed by atoms with van der Waals surface area (Å²) in [5.74, 6) is -2.11. The zero-order valence-corrected chi connectivity index (χ0v) is 25.8. The molecule has 3 N–H and O–H groups in total. The Bertz CT molecular complexity index is 1370. The fraction of sp³-hybridized carbons (Fsp3) is 0.548. The number of ether oxygens (including phenoxy) is 1. The molecule has 1 aromatic carbocycles. The molecule has 1 aromatic rings. The molecule has 0 unspecified atom stereocenters. The molecule has 234 valence electrons. The first-order valence-electron chi connectivity index (χ1n) is 14.9. The van der Waals surface area contributed by atoms with Gasteiger partial charge in [-0.05, 0) is 70.9 Å². The van der Waals surface area contributed by atoms with Crippen LogP contribution in [0, 0.1) is 5.92 Å². The molecule has 0 spiro atoms. The van der Waals surface area contributed by atoms with E-state index in [4.69, 9.17) is 4.74 Å². The number of nitrogens with one attached hydrogen (secondary N) is 3. The zero-order chi connectivity index (χ0) is 31.3. The number of carbonyl (C=O) groups excluding carboxylic acids is 4. The van der Waals surface area contributed by atoms with E-state index in [2.05, 4.69) is 15.4 Å². The molecular formula is C31H42N4O7S. The maximum atomic E-state index is 13.7. The minimum absolute atomic E-state index is 0.239. The van der Waals surface area contributed by atoms with Crippen molar-refractivity contribution >= 4 is 39.9 Å². The van der Waals surface area contributed by atoms with Crippen molar-refractivity contribution in [1.82, 2.24) is 20.3 Å². The van der Waals surface area contributed by atoms with Gasteiger partial charge in [0.2, 0.25) is 11.8 Å².